The molecule has 4 nitrogen and oxygen atoms in total. The second kappa shape index (κ2) is 8.79. The van der Waals surface area contributed by atoms with E-state index in [1.54, 1.807) is 0 Å². The number of aliphatic imine (C=N–C) groups is 1. The minimum Gasteiger partial charge on any atom is -0.370 e. The highest BCUT2D eigenvalue weighted by molar-refractivity contribution is 5.77. The maximum absolute atomic E-state index is 5.94. The number of benzene rings is 1. The van der Waals surface area contributed by atoms with Gasteiger partial charge < -0.3 is 11.1 Å². The van der Waals surface area contributed by atoms with E-state index in [0.717, 1.165) is 45.4 Å². The highest BCUT2D eigenvalue weighted by atomic mass is 15.2. The Kier molecular flexibility index (Phi) is 6.72. The van der Waals surface area contributed by atoms with Gasteiger partial charge in [-0.2, -0.15) is 0 Å². The smallest absolute Gasteiger partial charge is 0.188 e. The van der Waals surface area contributed by atoms with Crippen molar-refractivity contribution < 1.29 is 0 Å². The Morgan fingerprint density at radius 2 is 2.09 bits per heavy atom. The summed E-state index contributed by atoms with van der Waals surface area (Å²) in [6, 6.07) is 9.25. The first kappa shape index (κ1) is 16.8. The van der Waals surface area contributed by atoms with Gasteiger partial charge in [-0.15, -0.1) is 0 Å². The van der Waals surface area contributed by atoms with Crippen LogP contribution in [0.1, 0.15) is 44.2 Å². The summed E-state index contributed by atoms with van der Waals surface area (Å²) < 4.78 is 0. The van der Waals surface area contributed by atoms with E-state index in [4.69, 9.17) is 5.73 Å². The topological polar surface area (TPSA) is 53.6 Å². The molecule has 0 saturated carbocycles. The molecule has 4 heteroatoms. The van der Waals surface area contributed by atoms with Crippen molar-refractivity contribution in [1.82, 2.24) is 10.2 Å². The van der Waals surface area contributed by atoms with Crippen molar-refractivity contribution >= 4 is 5.96 Å². The number of nitrogens with one attached hydrogen (secondary N) is 1. The summed E-state index contributed by atoms with van der Waals surface area (Å²) >= 11 is 0. The predicted molar refractivity (Wildman–Crippen MR) is 94.0 cm³/mol. The molecule has 122 valence electrons. The lowest BCUT2D eigenvalue weighted by atomic mass is 9.98. The zero-order chi connectivity index (χ0) is 15.8. The van der Waals surface area contributed by atoms with Crippen LogP contribution in [0.2, 0.25) is 0 Å². The molecule has 2 rings (SSSR count). The number of hydrogen-bond acceptors (Lipinski definition) is 2. The van der Waals surface area contributed by atoms with Crippen LogP contribution in [-0.2, 0) is 13.0 Å². The Balaban J connectivity index is 1.88. The van der Waals surface area contributed by atoms with Crippen LogP contribution in [0.15, 0.2) is 29.3 Å². The van der Waals surface area contributed by atoms with E-state index < -0.39 is 0 Å². The Morgan fingerprint density at radius 3 is 2.82 bits per heavy atom. The summed E-state index contributed by atoms with van der Waals surface area (Å²) in [6.07, 6.45) is 4.55. The van der Waals surface area contributed by atoms with Gasteiger partial charge in [0, 0.05) is 25.7 Å². The van der Waals surface area contributed by atoms with Gasteiger partial charge in [0.1, 0.15) is 0 Å². The van der Waals surface area contributed by atoms with E-state index in [-0.39, 0.29) is 0 Å². The average Bonchev–Trinajstić information content (AvgIpc) is 2.55. The van der Waals surface area contributed by atoms with Crippen molar-refractivity contribution in [2.24, 2.45) is 10.7 Å². The molecule has 0 fully saturated rings. The van der Waals surface area contributed by atoms with Gasteiger partial charge in [-0.3, -0.25) is 9.89 Å². The van der Waals surface area contributed by atoms with Gasteiger partial charge in [0.05, 0.1) is 6.54 Å². The third-order valence-electron chi connectivity index (χ3n) is 4.46. The van der Waals surface area contributed by atoms with E-state index in [1.807, 2.05) is 0 Å². The summed E-state index contributed by atoms with van der Waals surface area (Å²) in [5.41, 5.74) is 8.91. The van der Waals surface area contributed by atoms with Gasteiger partial charge in [0.25, 0.3) is 0 Å². The molecule has 1 atom stereocenters. The van der Waals surface area contributed by atoms with E-state index in [9.17, 15) is 0 Å². The first-order valence-corrected chi connectivity index (χ1v) is 8.59. The first-order chi connectivity index (χ1) is 10.7. The SMILES string of the molecule is CCCCNC(N)=NCC(CC)N1CCc2ccccc2C1. The predicted octanol–water partition coefficient (Wildman–Crippen LogP) is 2.53. The van der Waals surface area contributed by atoms with E-state index in [0.29, 0.717) is 12.0 Å². The number of nitrogens with two attached hydrogens (primary N) is 1. The van der Waals surface area contributed by atoms with Gasteiger partial charge >= 0.3 is 0 Å². The fraction of sp³-hybridized carbons (Fsp3) is 0.611. The van der Waals surface area contributed by atoms with Crippen LogP contribution in [0.3, 0.4) is 0 Å². The molecule has 1 aromatic carbocycles. The molecule has 22 heavy (non-hydrogen) atoms. The summed E-state index contributed by atoms with van der Waals surface area (Å²) in [5, 5.41) is 3.19. The zero-order valence-electron chi connectivity index (χ0n) is 14.0. The van der Waals surface area contributed by atoms with Crippen molar-refractivity contribution in [3.05, 3.63) is 35.4 Å². The molecule has 1 heterocycles. The molecule has 3 N–H and O–H groups in total. The van der Waals surface area contributed by atoms with Crippen molar-refractivity contribution in [3.8, 4) is 0 Å². The number of hydrogen-bond donors (Lipinski definition) is 2. The average molecular weight is 302 g/mol. The van der Waals surface area contributed by atoms with Gasteiger partial charge in [0.2, 0.25) is 0 Å². The molecule has 0 bridgehead atoms. The van der Waals surface area contributed by atoms with Crippen LogP contribution < -0.4 is 11.1 Å². The molecule has 0 saturated heterocycles. The van der Waals surface area contributed by atoms with E-state index >= 15 is 0 Å². The van der Waals surface area contributed by atoms with Crippen molar-refractivity contribution in [2.45, 2.75) is 52.1 Å². The molecule has 0 spiro atoms. The van der Waals surface area contributed by atoms with Crippen LogP contribution in [-0.4, -0.2) is 36.5 Å². The molecule has 0 aliphatic carbocycles. The summed E-state index contributed by atoms with van der Waals surface area (Å²) in [5.74, 6) is 0.587. The Labute approximate surface area is 134 Å². The molecule has 0 aromatic heterocycles. The molecule has 1 aromatic rings. The molecule has 0 radical (unpaired) electrons. The Bertz CT molecular complexity index is 484. The highest BCUT2D eigenvalue weighted by Crippen LogP contribution is 2.21. The molecule has 0 amide bonds. The van der Waals surface area contributed by atoms with Crippen LogP contribution >= 0.6 is 0 Å². The minimum absolute atomic E-state index is 0.472. The Hall–Kier alpha value is -1.55. The molecule has 1 aliphatic heterocycles. The molecular weight excluding hydrogens is 272 g/mol. The zero-order valence-corrected chi connectivity index (χ0v) is 14.0. The quantitative estimate of drug-likeness (QED) is 0.462. The normalized spacial score (nSPS) is 17.1. The van der Waals surface area contributed by atoms with Crippen molar-refractivity contribution in [1.29, 1.82) is 0 Å². The Morgan fingerprint density at radius 1 is 1.32 bits per heavy atom. The monoisotopic (exact) mass is 302 g/mol. The lowest BCUT2D eigenvalue weighted by molar-refractivity contribution is 0.178. The summed E-state index contributed by atoms with van der Waals surface area (Å²) in [4.78, 5) is 7.09. The van der Waals surface area contributed by atoms with Crippen molar-refractivity contribution in [2.75, 3.05) is 19.6 Å². The van der Waals surface area contributed by atoms with E-state index in [1.165, 1.54) is 17.5 Å². The molecular formula is C18H30N4. The van der Waals surface area contributed by atoms with Gasteiger partial charge in [-0.25, -0.2) is 0 Å². The third-order valence-corrected chi connectivity index (χ3v) is 4.46. The lowest BCUT2D eigenvalue weighted by Gasteiger charge is -2.34. The third kappa shape index (κ3) is 4.73. The number of nitrogens with zero attached hydrogens (tertiary/aromatic N) is 2. The van der Waals surface area contributed by atoms with Crippen LogP contribution in [0.25, 0.3) is 0 Å². The minimum atomic E-state index is 0.472. The number of rotatable bonds is 7. The highest BCUT2D eigenvalue weighted by Gasteiger charge is 2.21. The largest absolute Gasteiger partial charge is 0.370 e. The summed E-state index contributed by atoms with van der Waals surface area (Å²) in [7, 11) is 0. The van der Waals surface area contributed by atoms with Gasteiger partial charge in [-0.1, -0.05) is 44.5 Å². The number of guanidine groups is 1. The standard InChI is InChI=1S/C18H30N4/c1-3-5-11-20-18(19)21-13-17(4-2)22-12-10-15-8-6-7-9-16(15)14-22/h6-9,17H,3-5,10-14H2,1-2H3,(H3,19,20,21). The lowest BCUT2D eigenvalue weighted by Crippen LogP contribution is -2.41. The molecule has 1 aliphatic rings. The fourth-order valence-electron chi connectivity index (χ4n) is 2.98. The van der Waals surface area contributed by atoms with Gasteiger partial charge in [0.15, 0.2) is 5.96 Å². The van der Waals surface area contributed by atoms with Crippen molar-refractivity contribution in [3.63, 3.8) is 0 Å². The number of unbranched alkanes of at least 4 members (excludes halogenated alkanes) is 1. The summed E-state index contributed by atoms with van der Waals surface area (Å²) in [6.45, 7) is 8.27. The van der Waals surface area contributed by atoms with Crippen LogP contribution in [0, 0.1) is 0 Å². The second-order valence-electron chi connectivity index (χ2n) is 6.06. The van der Waals surface area contributed by atoms with Gasteiger partial charge in [-0.05, 0) is 30.4 Å². The van der Waals surface area contributed by atoms with Crippen LogP contribution in [0.5, 0.6) is 0 Å². The first-order valence-electron chi connectivity index (χ1n) is 8.59. The molecule has 1 unspecified atom stereocenters. The van der Waals surface area contributed by atoms with Crippen LogP contribution in [0.4, 0.5) is 0 Å². The maximum Gasteiger partial charge on any atom is 0.188 e. The van der Waals surface area contributed by atoms with E-state index in [2.05, 4.69) is 53.3 Å². The second-order valence-corrected chi connectivity index (χ2v) is 6.06. The fourth-order valence-corrected chi connectivity index (χ4v) is 2.98. The maximum atomic E-state index is 5.94. The number of fused-ring (bicyclic) bond motifs is 1.